The zero-order valence-electron chi connectivity index (χ0n) is 12.4. The van der Waals surface area contributed by atoms with E-state index in [1.165, 1.54) is 6.42 Å². The summed E-state index contributed by atoms with van der Waals surface area (Å²) in [4.78, 5) is 16.1. The molecule has 0 aromatic heterocycles. The van der Waals surface area contributed by atoms with Crippen LogP contribution >= 0.6 is 0 Å². The van der Waals surface area contributed by atoms with Crippen molar-refractivity contribution in [3.8, 4) is 0 Å². The SMILES string of the molecule is CCOC(=O)N1CCN(C2CCNCC2(C)C)CC1. The molecule has 5 nitrogen and oxygen atoms in total. The summed E-state index contributed by atoms with van der Waals surface area (Å²) in [5.41, 5.74) is 0.310. The van der Waals surface area contributed by atoms with Gasteiger partial charge in [-0.3, -0.25) is 4.90 Å². The number of amides is 1. The number of nitrogens with one attached hydrogen (secondary N) is 1. The molecular formula is C14H27N3O2. The van der Waals surface area contributed by atoms with Gasteiger partial charge in [0.25, 0.3) is 0 Å². The molecule has 0 aromatic rings. The number of carbonyl (C=O) groups is 1. The first-order valence-corrected chi connectivity index (χ1v) is 7.41. The Morgan fingerprint density at radius 2 is 2.00 bits per heavy atom. The fourth-order valence-electron chi connectivity index (χ4n) is 3.27. The van der Waals surface area contributed by atoms with Gasteiger partial charge in [0.2, 0.25) is 0 Å². The molecule has 2 aliphatic rings. The van der Waals surface area contributed by atoms with Crippen molar-refractivity contribution in [2.75, 3.05) is 45.9 Å². The number of hydrogen-bond donors (Lipinski definition) is 1. The van der Waals surface area contributed by atoms with E-state index in [-0.39, 0.29) is 6.09 Å². The van der Waals surface area contributed by atoms with E-state index in [1.54, 1.807) is 0 Å². The summed E-state index contributed by atoms with van der Waals surface area (Å²) in [6.45, 7) is 12.7. The Morgan fingerprint density at radius 3 is 2.58 bits per heavy atom. The van der Waals surface area contributed by atoms with Gasteiger partial charge < -0.3 is 15.0 Å². The maximum absolute atomic E-state index is 11.7. The highest BCUT2D eigenvalue weighted by Crippen LogP contribution is 2.30. The second kappa shape index (κ2) is 6.09. The molecule has 2 rings (SSSR count). The number of ether oxygens (including phenoxy) is 1. The lowest BCUT2D eigenvalue weighted by molar-refractivity contribution is 0.0180. The van der Waals surface area contributed by atoms with Crippen molar-refractivity contribution in [3.63, 3.8) is 0 Å². The molecule has 2 heterocycles. The lowest BCUT2D eigenvalue weighted by atomic mass is 9.79. The van der Waals surface area contributed by atoms with Crippen LogP contribution in [0.5, 0.6) is 0 Å². The molecule has 19 heavy (non-hydrogen) atoms. The van der Waals surface area contributed by atoms with Gasteiger partial charge in [-0.2, -0.15) is 0 Å². The standard InChI is InChI=1S/C14H27N3O2/c1-4-19-13(18)17-9-7-16(8-10-17)12-5-6-15-11-14(12,2)3/h12,15H,4-11H2,1-3H3. The third-order valence-electron chi connectivity index (χ3n) is 4.36. The molecule has 0 saturated carbocycles. The minimum Gasteiger partial charge on any atom is -0.450 e. The summed E-state index contributed by atoms with van der Waals surface area (Å²) in [7, 11) is 0. The molecule has 0 aromatic carbocycles. The minimum absolute atomic E-state index is 0.160. The first-order valence-electron chi connectivity index (χ1n) is 7.41. The van der Waals surface area contributed by atoms with Crippen molar-refractivity contribution >= 4 is 6.09 Å². The summed E-state index contributed by atoms with van der Waals surface area (Å²) in [6, 6.07) is 0.623. The second-order valence-electron chi connectivity index (χ2n) is 6.19. The average molecular weight is 269 g/mol. The second-order valence-corrected chi connectivity index (χ2v) is 6.19. The number of nitrogens with zero attached hydrogens (tertiary/aromatic N) is 2. The van der Waals surface area contributed by atoms with Crippen LogP contribution in [0.25, 0.3) is 0 Å². The van der Waals surface area contributed by atoms with Gasteiger partial charge in [0.1, 0.15) is 0 Å². The van der Waals surface area contributed by atoms with E-state index in [4.69, 9.17) is 4.74 Å². The highest BCUT2D eigenvalue weighted by atomic mass is 16.6. The maximum atomic E-state index is 11.7. The highest BCUT2D eigenvalue weighted by molar-refractivity contribution is 5.67. The first kappa shape index (κ1) is 14.6. The predicted octanol–water partition coefficient (Wildman–Crippen LogP) is 1.15. The Labute approximate surface area is 116 Å². The fraction of sp³-hybridized carbons (Fsp3) is 0.929. The van der Waals surface area contributed by atoms with E-state index in [0.717, 1.165) is 39.3 Å². The van der Waals surface area contributed by atoms with Crippen LogP contribution in [-0.4, -0.2) is 67.8 Å². The van der Waals surface area contributed by atoms with Gasteiger partial charge in [-0.25, -0.2) is 4.79 Å². The summed E-state index contributed by atoms with van der Waals surface area (Å²) in [6.07, 6.45) is 1.04. The molecule has 2 fully saturated rings. The Balaban J connectivity index is 1.87. The van der Waals surface area contributed by atoms with E-state index in [9.17, 15) is 4.79 Å². The largest absolute Gasteiger partial charge is 0.450 e. The Bertz CT molecular complexity index is 312. The van der Waals surface area contributed by atoms with Crippen LogP contribution < -0.4 is 5.32 Å². The van der Waals surface area contributed by atoms with Crippen molar-refractivity contribution < 1.29 is 9.53 Å². The van der Waals surface area contributed by atoms with Crippen LogP contribution in [0.1, 0.15) is 27.2 Å². The van der Waals surface area contributed by atoms with Gasteiger partial charge in [0.05, 0.1) is 6.61 Å². The van der Waals surface area contributed by atoms with E-state index in [0.29, 0.717) is 18.1 Å². The van der Waals surface area contributed by atoms with Crippen LogP contribution in [0, 0.1) is 5.41 Å². The van der Waals surface area contributed by atoms with E-state index in [1.807, 2.05) is 11.8 Å². The van der Waals surface area contributed by atoms with Crippen LogP contribution in [0.3, 0.4) is 0 Å². The van der Waals surface area contributed by atoms with Gasteiger partial charge in [0, 0.05) is 38.8 Å². The third kappa shape index (κ3) is 3.39. The molecular weight excluding hydrogens is 242 g/mol. The summed E-state index contributed by atoms with van der Waals surface area (Å²) >= 11 is 0. The summed E-state index contributed by atoms with van der Waals surface area (Å²) < 4.78 is 5.06. The monoisotopic (exact) mass is 269 g/mol. The van der Waals surface area contributed by atoms with E-state index >= 15 is 0 Å². The van der Waals surface area contributed by atoms with Crippen molar-refractivity contribution in [2.24, 2.45) is 5.41 Å². The van der Waals surface area contributed by atoms with E-state index in [2.05, 4.69) is 24.1 Å². The molecule has 0 aliphatic carbocycles. The maximum Gasteiger partial charge on any atom is 0.409 e. The molecule has 0 spiro atoms. The van der Waals surface area contributed by atoms with Gasteiger partial charge in [0.15, 0.2) is 0 Å². The smallest absolute Gasteiger partial charge is 0.409 e. The quantitative estimate of drug-likeness (QED) is 0.817. The molecule has 5 heteroatoms. The molecule has 2 saturated heterocycles. The van der Waals surface area contributed by atoms with Gasteiger partial charge in [-0.15, -0.1) is 0 Å². The molecule has 0 radical (unpaired) electrons. The highest BCUT2D eigenvalue weighted by Gasteiger charge is 2.37. The van der Waals surface area contributed by atoms with Crippen LogP contribution in [0.2, 0.25) is 0 Å². The van der Waals surface area contributed by atoms with Gasteiger partial charge in [-0.1, -0.05) is 13.8 Å². The summed E-state index contributed by atoms with van der Waals surface area (Å²) in [5.74, 6) is 0. The molecule has 2 aliphatic heterocycles. The number of piperidine rings is 1. The van der Waals surface area contributed by atoms with Gasteiger partial charge in [-0.05, 0) is 25.3 Å². The number of rotatable bonds is 2. The van der Waals surface area contributed by atoms with Crippen LogP contribution in [-0.2, 0) is 4.74 Å². The van der Waals surface area contributed by atoms with Crippen LogP contribution in [0.15, 0.2) is 0 Å². The normalized spacial score (nSPS) is 28.2. The number of hydrogen-bond acceptors (Lipinski definition) is 4. The molecule has 0 bridgehead atoms. The molecule has 1 amide bonds. The minimum atomic E-state index is -0.160. The molecule has 1 unspecified atom stereocenters. The molecule has 110 valence electrons. The van der Waals surface area contributed by atoms with Crippen molar-refractivity contribution in [1.82, 2.24) is 15.1 Å². The average Bonchev–Trinajstić information content (AvgIpc) is 2.39. The first-order chi connectivity index (χ1) is 9.04. The Morgan fingerprint density at radius 1 is 1.32 bits per heavy atom. The van der Waals surface area contributed by atoms with E-state index < -0.39 is 0 Å². The van der Waals surface area contributed by atoms with Crippen LogP contribution in [0.4, 0.5) is 4.79 Å². The number of carbonyl (C=O) groups excluding carboxylic acids is 1. The Kier molecular flexibility index (Phi) is 4.68. The van der Waals surface area contributed by atoms with Gasteiger partial charge >= 0.3 is 6.09 Å². The zero-order valence-corrected chi connectivity index (χ0v) is 12.4. The number of piperazine rings is 1. The topological polar surface area (TPSA) is 44.8 Å². The lowest BCUT2D eigenvalue weighted by Gasteiger charge is -2.48. The Hall–Kier alpha value is -0.810. The zero-order chi connectivity index (χ0) is 13.9. The van der Waals surface area contributed by atoms with Crippen molar-refractivity contribution in [3.05, 3.63) is 0 Å². The predicted molar refractivity (Wildman–Crippen MR) is 75.2 cm³/mol. The third-order valence-corrected chi connectivity index (χ3v) is 4.36. The lowest BCUT2D eigenvalue weighted by Crippen LogP contribution is -2.59. The summed E-state index contributed by atoms with van der Waals surface area (Å²) in [5, 5.41) is 3.48. The molecule has 1 atom stereocenters. The van der Waals surface area contributed by atoms with Crippen molar-refractivity contribution in [1.29, 1.82) is 0 Å². The molecule has 1 N–H and O–H groups in total. The fourth-order valence-corrected chi connectivity index (χ4v) is 3.27. The van der Waals surface area contributed by atoms with Crippen molar-refractivity contribution in [2.45, 2.75) is 33.2 Å².